The van der Waals surface area contributed by atoms with E-state index in [1.165, 1.54) is 51.6 Å². The third-order valence-corrected chi connectivity index (χ3v) is 7.45. The van der Waals surface area contributed by atoms with Crippen molar-refractivity contribution in [2.24, 2.45) is 0 Å². The number of carboxylic acids is 2. The Hall–Kier alpha value is -2.73. The molecule has 0 bridgehead atoms. The van der Waals surface area contributed by atoms with Crippen LogP contribution >= 0.6 is 0 Å². The number of rotatable bonds is 10. The molecule has 1 aromatic carbocycles. The molecule has 1 aromatic rings. The van der Waals surface area contributed by atoms with Gasteiger partial charge >= 0.3 is 11.9 Å². The van der Waals surface area contributed by atoms with E-state index in [-0.39, 0.29) is 5.91 Å². The number of aliphatic carboxylic acids is 2. The van der Waals surface area contributed by atoms with E-state index in [0.717, 1.165) is 50.8 Å². The third kappa shape index (κ3) is 9.23. The Morgan fingerprint density at radius 2 is 1.42 bits per heavy atom. The van der Waals surface area contributed by atoms with Crippen LogP contribution in [0.5, 0.6) is 5.75 Å². The number of amides is 1. The number of ether oxygens (including phenoxy) is 1. The summed E-state index contributed by atoms with van der Waals surface area (Å²) >= 11 is 0. The molecule has 5 N–H and O–H groups in total. The number of piperidine rings is 2. The molecular weight excluding hydrogens is 494 g/mol. The lowest BCUT2D eigenvalue weighted by molar-refractivity contribution is -0.165. The predicted molar refractivity (Wildman–Crippen MR) is 139 cm³/mol. The van der Waals surface area contributed by atoms with Gasteiger partial charge in [-0.25, -0.2) is 9.59 Å². The van der Waals surface area contributed by atoms with Crippen molar-refractivity contribution in [2.45, 2.75) is 75.7 Å². The van der Waals surface area contributed by atoms with Crippen LogP contribution in [0.3, 0.4) is 0 Å². The van der Waals surface area contributed by atoms with E-state index >= 15 is 0 Å². The third-order valence-electron chi connectivity index (χ3n) is 7.45. The number of nitrogens with one attached hydrogen (secondary N) is 1. The van der Waals surface area contributed by atoms with E-state index < -0.39 is 24.1 Å². The summed E-state index contributed by atoms with van der Waals surface area (Å²) in [5.74, 6) is -2.64. The van der Waals surface area contributed by atoms with Crippen molar-refractivity contribution in [1.82, 2.24) is 15.1 Å². The monoisotopic (exact) mass is 535 g/mol. The lowest BCUT2D eigenvalue weighted by Crippen LogP contribution is -2.46. The van der Waals surface area contributed by atoms with Gasteiger partial charge in [0, 0.05) is 37.8 Å². The zero-order valence-corrected chi connectivity index (χ0v) is 21.8. The van der Waals surface area contributed by atoms with E-state index in [0.29, 0.717) is 11.7 Å². The number of aliphatic hydroxyl groups is 2. The Labute approximate surface area is 223 Å². The molecule has 38 heavy (non-hydrogen) atoms. The number of hydrogen-bond donors (Lipinski definition) is 5. The summed E-state index contributed by atoms with van der Waals surface area (Å²) in [6, 6.07) is 8.49. The van der Waals surface area contributed by atoms with Crippen molar-refractivity contribution < 1.29 is 39.5 Å². The topological polar surface area (TPSA) is 160 Å². The molecule has 1 amide bonds. The number of carbonyl (C=O) groups excluding carboxylic acids is 1. The molecule has 0 unspecified atom stereocenters. The first-order chi connectivity index (χ1) is 18.2. The quantitative estimate of drug-likeness (QED) is 0.294. The van der Waals surface area contributed by atoms with Crippen LogP contribution in [0.1, 0.15) is 61.7 Å². The number of carbonyl (C=O) groups is 3. The molecule has 1 saturated carbocycles. The smallest absolute Gasteiger partial charge is 0.335 e. The fourth-order valence-electron chi connectivity index (χ4n) is 4.87. The Balaban J connectivity index is 0.000000342. The Bertz CT molecular complexity index is 876. The molecule has 11 nitrogen and oxygen atoms in total. The van der Waals surface area contributed by atoms with Crippen LogP contribution in [0.2, 0.25) is 0 Å². The van der Waals surface area contributed by atoms with E-state index in [1.807, 2.05) is 24.3 Å². The van der Waals surface area contributed by atoms with E-state index in [1.54, 1.807) is 0 Å². The highest BCUT2D eigenvalue weighted by Gasteiger charge is 2.30. The van der Waals surface area contributed by atoms with Crippen LogP contribution in [0.4, 0.5) is 0 Å². The van der Waals surface area contributed by atoms with Gasteiger partial charge in [-0.3, -0.25) is 4.79 Å². The number of aliphatic hydroxyl groups excluding tert-OH is 2. The summed E-state index contributed by atoms with van der Waals surface area (Å²) in [6.07, 6.45) is 6.07. The largest absolute Gasteiger partial charge is 0.490 e. The van der Waals surface area contributed by atoms with Crippen molar-refractivity contribution in [3.63, 3.8) is 0 Å². The van der Waals surface area contributed by atoms with Crippen LogP contribution < -0.4 is 10.1 Å². The molecular formula is C27H41N3O8. The van der Waals surface area contributed by atoms with Crippen LogP contribution in [-0.4, -0.2) is 112 Å². The maximum atomic E-state index is 12.3. The van der Waals surface area contributed by atoms with Gasteiger partial charge in [-0.1, -0.05) is 12.8 Å². The van der Waals surface area contributed by atoms with Gasteiger partial charge in [0.2, 0.25) is 0 Å². The highest BCUT2D eigenvalue weighted by atomic mass is 16.5. The summed E-state index contributed by atoms with van der Waals surface area (Å²) in [6.45, 7) is 6.33. The maximum absolute atomic E-state index is 12.3. The Kier molecular flexibility index (Phi) is 11.8. The Morgan fingerprint density at radius 1 is 0.842 bits per heavy atom. The van der Waals surface area contributed by atoms with E-state index in [2.05, 4.69) is 15.1 Å². The number of carboxylic acid groups (broad SMARTS) is 2. The average molecular weight is 536 g/mol. The van der Waals surface area contributed by atoms with Gasteiger partial charge in [-0.2, -0.15) is 0 Å². The molecule has 2 heterocycles. The molecule has 3 aliphatic rings. The SMILES string of the molecule is O=C(NCCN1CCCCC1)c1ccc(OC2CCN(C3CCC3)CC2)cc1.O=C(O)[C@H](O)[C@@H](O)C(=O)O. The Morgan fingerprint density at radius 3 is 1.92 bits per heavy atom. The summed E-state index contributed by atoms with van der Waals surface area (Å²) < 4.78 is 6.17. The second kappa shape index (κ2) is 15.0. The van der Waals surface area contributed by atoms with Crippen molar-refractivity contribution >= 4 is 17.8 Å². The standard InChI is InChI=1S/C23H35N3O2.C4H6O6/c27-23(24-13-18-25-14-2-1-3-15-25)19-7-9-21(10-8-19)28-22-11-16-26(17-12-22)20-5-4-6-20;5-1(3(7)8)2(6)4(9)10/h7-10,20,22H,1-6,11-18H2,(H,24,27);1-2,5-6H,(H,7,8)(H,9,10)/t;1-,2-/m.1/s1. The van der Waals surface area contributed by atoms with Gasteiger partial charge in [0.15, 0.2) is 12.2 Å². The minimum atomic E-state index is -2.27. The van der Waals surface area contributed by atoms with Gasteiger partial charge in [0.25, 0.3) is 5.91 Å². The number of hydrogen-bond acceptors (Lipinski definition) is 8. The highest BCUT2D eigenvalue weighted by molar-refractivity contribution is 5.94. The zero-order chi connectivity index (χ0) is 27.5. The molecule has 3 fully saturated rings. The second-order valence-corrected chi connectivity index (χ2v) is 10.2. The molecule has 2 atom stereocenters. The molecule has 11 heteroatoms. The maximum Gasteiger partial charge on any atom is 0.335 e. The summed E-state index contributed by atoms with van der Waals surface area (Å²) in [5, 5.41) is 35.6. The van der Waals surface area contributed by atoms with Crippen molar-refractivity contribution in [2.75, 3.05) is 39.3 Å². The lowest BCUT2D eigenvalue weighted by atomic mass is 9.90. The fourth-order valence-corrected chi connectivity index (χ4v) is 4.87. The molecule has 2 aliphatic heterocycles. The summed E-state index contributed by atoms with van der Waals surface area (Å²) in [7, 11) is 0. The van der Waals surface area contributed by atoms with E-state index in [9.17, 15) is 14.4 Å². The van der Waals surface area contributed by atoms with Gasteiger partial charge in [0.1, 0.15) is 11.9 Å². The molecule has 0 spiro atoms. The van der Waals surface area contributed by atoms with Gasteiger partial charge in [0.05, 0.1) is 0 Å². The minimum absolute atomic E-state index is 0.0115. The highest BCUT2D eigenvalue weighted by Crippen LogP contribution is 2.28. The first-order valence-electron chi connectivity index (χ1n) is 13.6. The van der Waals surface area contributed by atoms with Crippen LogP contribution in [0.25, 0.3) is 0 Å². The molecule has 0 radical (unpaired) electrons. The average Bonchev–Trinajstić information content (AvgIpc) is 2.89. The fraction of sp³-hybridized carbons (Fsp3) is 0.667. The number of nitrogens with zero attached hydrogens (tertiary/aromatic N) is 2. The summed E-state index contributed by atoms with van der Waals surface area (Å²) in [4.78, 5) is 37.0. The molecule has 4 rings (SSSR count). The van der Waals surface area contributed by atoms with Gasteiger partial charge in [-0.15, -0.1) is 0 Å². The van der Waals surface area contributed by atoms with Gasteiger partial charge in [-0.05, 0) is 75.9 Å². The zero-order valence-electron chi connectivity index (χ0n) is 21.8. The van der Waals surface area contributed by atoms with Crippen molar-refractivity contribution in [3.8, 4) is 5.75 Å². The number of benzene rings is 1. The molecule has 212 valence electrons. The van der Waals surface area contributed by atoms with E-state index in [4.69, 9.17) is 25.2 Å². The van der Waals surface area contributed by atoms with Gasteiger partial charge < -0.3 is 40.3 Å². The normalized spacial score (nSPS) is 20.8. The van der Waals surface area contributed by atoms with Crippen LogP contribution in [-0.2, 0) is 9.59 Å². The van der Waals surface area contributed by atoms with Crippen molar-refractivity contribution in [1.29, 1.82) is 0 Å². The first-order valence-corrected chi connectivity index (χ1v) is 13.6. The lowest BCUT2D eigenvalue weighted by Gasteiger charge is -2.41. The number of likely N-dealkylation sites (tertiary alicyclic amines) is 2. The van der Waals surface area contributed by atoms with Crippen LogP contribution in [0.15, 0.2) is 24.3 Å². The minimum Gasteiger partial charge on any atom is -0.490 e. The molecule has 1 aliphatic carbocycles. The molecule has 2 saturated heterocycles. The predicted octanol–water partition coefficient (Wildman–Crippen LogP) is 1.18. The first kappa shape index (κ1) is 29.8. The van der Waals surface area contributed by atoms with Crippen molar-refractivity contribution in [3.05, 3.63) is 29.8 Å². The second-order valence-electron chi connectivity index (χ2n) is 10.2. The summed E-state index contributed by atoms with van der Waals surface area (Å²) in [5.41, 5.74) is 0.714. The molecule has 0 aromatic heterocycles. The van der Waals surface area contributed by atoms with Crippen LogP contribution in [0, 0.1) is 0 Å².